The highest BCUT2D eigenvalue weighted by Crippen LogP contribution is 2.70. The van der Waals surface area contributed by atoms with Gasteiger partial charge in [0.15, 0.2) is 0 Å². The second-order valence-electron chi connectivity index (χ2n) is 12.7. The first-order chi connectivity index (χ1) is 13.6. The summed E-state index contributed by atoms with van der Waals surface area (Å²) in [5.74, 6) is 5.25. The first-order valence-corrected chi connectivity index (χ1v) is 13.4. The van der Waals surface area contributed by atoms with E-state index in [1.165, 1.54) is 51.4 Å². The van der Waals surface area contributed by atoms with Crippen LogP contribution >= 0.6 is 11.6 Å². The number of aliphatic hydroxyl groups excluding tert-OH is 1. The third kappa shape index (κ3) is 3.63. The fourth-order valence-electron chi connectivity index (χ4n) is 9.21. The molecule has 4 saturated carbocycles. The van der Waals surface area contributed by atoms with Crippen LogP contribution in [-0.4, -0.2) is 16.1 Å². The minimum absolute atomic E-state index is 0.151. The standard InChI is InChI=1S/C27H47ClO/c1-18(2)7-6-8-19(3)22-9-10-23-21-12-16-27(28)17-20(29)11-15-26(27,5)24(21)13-14-25(22,23)4/h18-24,29H,6-17H2,1-5H3/t19-,20+,21+,22-,23+,24+,25-,26-,27-/m1/s1. The summed E-state index contributed by atoms with van der Waals surface area (Å²) in [5, 5.41) is 10.3. The van der Waals surface area contributed by atoms with Crippen LogP contribution in [0.5, 0.6) is 0 Å². The van der Waals surface area contributed by atoms with Gasteiger partial charge in [-0.25, -0.2) is 0 Å². The van der Waals surface area contributed by atoms with Crippen LogP contribution in [0.4, 0.5) is 0 Å². The Morgan fingerprint density at radius 2 is 1.66 bits per heavy atom. The molecule has 1 nitrogen and oxygen atoms in total. The molecule has 0 radical (unpaired) electrons. The molecule has 0 aromatic carbocycles. The fourth-order valence-corrected chi connectivity index (χ4v) is 9.73. The van der Waals surface area contributed by atoms with Gasteiger partial charge >= 0.3 is 0 Å². The molecule has 0 heterocycles. The third-order valence-corrected chi connectivity index (χ3v) is 11.7. The van der Waals surface area contributed by atoms with E-state index >= 15 is 0 Å². The maximum atomic E-state index is 10.3. The van der Waals surface area contributed by atoms with Crippen LogP contribution in [0.1, 0.15) is 112 Å². The molecule has 29 heavy (non-hydrogen) atoms. The largest absolute Gasteiger partial charge is 0.393 e. The molecule has 0 aromatic rings. The van der Waals surface area contributed by atoms with E-state index in [1.54, 1.807) is 0 Å². The van der Waals surface area contributed by atoms with Gasteiger partial charge in [0.05, 0.1) is 11.0 Å². The Kier molecular flexibility index (Phi) is 6.18. The lowest BCUT2D eigenvalue weighted by molar-refractivity contribution is -0.118. The number of fused-ring (bicyclic) bond motifs is 5. The van der Waals surface area contributed by atoms with Crippen LogP contribution in [0.3, 0.4) is 0 Å². The minimum Gasteiger partial charge on any atom is -0.393 e. The summed E-state index contributed by atoms with van der Waals surface area (Å²) in [6, 6.07) is 0. The van der Waals surface area contributed by atoms with Gasteiger partial charge in [0.25, 0.3) is 0 Å². The highest BCUT2D eigenvalue weighted by atomic mass is 35.5. The molecule has 4 aliphatic rings. The third-order valence-electron chi connectivity index (χ3n) is 10.9. The molecule has 4 rings (SSSR count). The molecule has 168 valence electrons. The van der Waals surface area contributed by atoms with Crippen molar-refractivity contribution in [1.82, 2.24) is 0 Å². The highest BCUT2D eigenvalue weighted by molar-refractivity contribution is 6.24. The van der Waals surface area contributed by atoms with Gasteiger partial charge < -0.3 is 5.11 Å². The van der Waals surface area contributed by atoms with Crippen molar-refractivity contribution in [2.45, 2.75) is 123 Å². The first-order valence-electron chi connectivity index (χ1n) is 13.0. The van der Waals surface area contributed by atoms with Crippen molar-refractivity contribution in [3.63, 3.8) is 0 Å². The summed E-state index contributed by atoms with van der Waals surface area (Å²) in [6.45, 7) is 12.5. The smallest absolute Gasteiger partial charge is 0.0557 e. The zero-order valence-electron chi connectivity index (χ0n) is 19.9. The van der Waals surface area contributed by atoms with Crippen molar-refractivity contribution in [2.24, 2.45) is 46.3 Å². The van der Waals surface area contributed by atoms with E-state index in [-0.39, 0.29) is 16.4 Å². The molecule has 0 amide bonds. The van der Waals surface area contributed by atoms with Gasteiger partial charge in [-0.2, -0.15) is 0 Å². The van der Waals surface area contributed by atoms with Crippen LogP contribution in [0, 0.1) is 46.3 Å². The van der Waals surface area contributed by atoms with E-state index < -0.39 is 0 Å². The molecule has 0 spiro atoms. The second kappa shape index (κ2) is 7.99. The van der Waals surface area contributed by atoms with Crippen molar-refractivity contribution >= 4 is 11.6 Å². The molecule has 0 unspecified atom stereocenters. The molecular weight excluding hydrogens is 376 g/mol. The SMILES string of the molecule is CC(C)CCC[C@@H](C)[C@H]1CC[C@H]2[C@@H]3CC[C@@]4(Cl)C[C@@H](O)CC[C@]4(C)[C@H]3CC[C@]12C. The molecule has 4 fully saturated rings. The topological polar surface area (TPSA) is 20.2 Å². The van der Waals surface area contributed by atoms with Crippen molar-refractivity contribution < 1.29 is 5.11 Å². The van der Waals surface area contributed by atoms with Crippen molar-refractivity contribution in [1.29, 1.82) is 0 Å². The minimum atomic E-state index is -0.173. The fraction of sp³-hybridized carbons (Fsp3) is 1.00. The Morgan fingerprint density at radius 1 is 0.897 bits per heavy atom. The van der Waals surface area contributed by atoms with E-state index in [0.717, 1.165) is 61.2 Å². The van der Waals surface area contributed by atoms with Crippen LogP contribution in [-0.2, 0) is 0 Å². The summed E-state index contributed by atoms with van der Waals surface area (Å²) >= 11 is 7.31. The summed E-state index contributed by atoms with van der Waals surface area (Å²) < 4.78 is 0. The normalized spacial score (nSPS) is 50.7. The quantitative estimate of drug-likeness (QED) is 0.447. The molecule has 0 bridgehead atoms. The van der Waals surface area contributed by atoms with Crippen LogP contribution in [0.25, 0.3) is 0 Å². The van der Waals surface area contributed by atoms with Gasteiger partial charge in [0, 0.05) is 0 Å². The van der Waals surface area contributed by atoms with Crippen molar-refractivity contribution in [2.75, 3.05) is 0 Å². The molecule has 1 N–H and O–H groups in total. The Labute approximate surface area is 185 Å². The average molecular weight is 423 g/mol. The highest BCUT2D eigenvalue weighted by Gasteiger charge is 2.64. The van der Waals surface area contributed by atoms with Crippen molar-refractivity contribution in [3.8, 4) is 0 Å². The number of hydrogen-bond acceptors (Lipinski definition) is 1. The van der Waals surface area contributed by atoms with Crippen LogP contribution < -0.4 is 0 Å². The Balaban J connectivity index is 1.49. The van der Waals surface area contributed by atoms with Gasteiger partial charge in [-0.3, -0.25) is 0 Å². The Bertz CT molecular complexity index is 589. The van der Waals surface area contributed by atoms with E-state index in [1.807, 2.05) is 0 Å². The molecule has 2 heteroatoms. The molecule has 9 atom stereocenters. The second-order valence-corrected chi connectivity index (χ2v) is 13.4. The van der Waals surface area contributed by atoms with Gasteiger partial charge in [-0.15, -0.1) is 11.6 Å². The lowest BCUT2D eigenvalue weighted by atomic mass is 9.44. The summed E-state index contributed by atoms with van der Waals surface area (Å²) in [5.41, 5.74) is 0.800. The number of rotatable bonds is 5. The van der Waals surface area contributed by atoms with Crippen LogP contribution in [0.2, 0.25) is 0 Å². The van der Waals surface area contributed by atoms with Crippen molar-refractivity contribution in [3.05, 3.63) is 0 Å². The van der Waals surface area contributed by atoms with Gasteiger partial charge in [0.2, 0.25) is 0 Å². The van der Waals surface area contributed by atoms with Crippen LogP contribution in [0.15, 0.2) is 0 Å². The molecule has 0 saturated heterocycles. The average Bonchev–Trinajstić information content (AvgIpc) is 2.99. The predicted molar refractivity (Wildman–Crippen MR) is 124 cm³/mol. The lowest BCUT2D eigenvalue weighted by Gasteiger charge is -2.64. The van der Waals surface area contributed by atoms with E-state index in [0.29, 0.717) is 5.41 Å². The van der Waals surface area contributed by atoms with Gasteiger partial charge in [0.1, 0.15) is 0 Å². The maximum absolute atomic E-state index is 10.3. The van der Waals surface area contributed by atoms with Gasteiger partial charge in [-0.05, 0) is 104 Å². The lowest BCUT2D eigenvalue weighted by Crippen LogP contribution is -2.60. The molecule has 4 aliphatic carbocycles. The molecular formula is C27H47ClO. The zero-order valence-corrected chi connectivity index (χ0v) is 20.6. The van der Waals surface area contributed by atoms with E-state index in [4.69, 9.17) is 11.6 Å². The van der Waals surface area contributed by atoms with E-state index in [9.17, 15) is 5.11 Å². The van der Waals surface area contributed by atoms with E-state index in [2.05, 4.69) is 34.6 Å². The number of aliphatic hydroxyl groups is 1. The number of hydrogen-bond donors (Lipinski definition) is 1. The first kappa shape index (κ1) is 22.4. The maximum Gasteiger partial charge on any atom is 0.0557 e. The Hall–Kier alpha value is 0.250. The zero-order chi connectivity index (χ0) is 21.0. The molecule has 0 aliphatic heterocycles. The Morgan fingerprint density at radius 3 is 2.38 bits per heavy atom. The summed E-state index contributed by atoms with van der Waals surface area (Å²) in [6.07, 6.45) is 15.2. The molecule has 0 aromatic heterocycles. The monoisotopic (exact) mass is 422 g/mol. The summed E-state index contributed by atoms with van der Waals surface area (Å²) in [7, 11) is 0. The number of alkyl halides is 1. The predicted octanol–water partition coefficient (Wildman–Crippen LogP) is 7.83. The summed E-state index contributed by atoms with van der Waals surface area (Å²) in [4.78, 5) is -0.151. The number of halogens is 1. The van der Waals surface area contributed by atoms with Gasteiger partial charge in [-0.1, -0.05) is 53.9 Å².